The molecule has 4 rings (SSSR count). The number of aromatic hydroxyl groups is 1. The first-order valence-electron chi connectivity index (χ1n) is 15.0. The first-order chi connectivity index (χ1) is 21.6. The molecule has 11 nitrogen and oxygen atoms in total. The van der Waals surface area contributed by atoms with E-state index in [-0.39, 0.29) is 18.8 Å². The van der Waals surface area contributed by atoms with Crippen LogP contribution in [0.2, 0.25) is 0 Å². The molecule has 3 aromatic rings. The van der Waals surface area contributed by atoms with Gasteiger partial charge in [-0.1, -0.05) is 12.1 Å². The van der Waals surface area contributed by atoms with E-state index < -0.39 is 30.0 Å². The molecule has 11 heteroatoms. The summed E-state index contributed by atoms with van der Waals surface area (Å²) in [6, 6.07) is 16.6. The molecule has 1 fully saturated rings. The van der Waals surface area contributed by atoms with Crippen molar-refractivity contribution in [1.82, 2.24) is 4.90 Å². The van der Waals surface area contributed by atoms with Crippen molar-refractivity contribution in [3.63, 3.8) is 0 Å². The van der Waals surface area contributed by atoms with Gasteiger partial charge in [-0.2, -0.15) is 0 Å². The minimum atomic E-state index is -0.988. The number of piperidine rings is 1. The number of carbonyl (C=O) groups is 3. The molecule has 0 bridgehead atoms. The highest BCUT2D eigenvalue weighted by molar-refractivity contribution is 6.03. The van der Waals surface area contributed by atoms with E-state index in [1.54, 1.807) is 57.5 Å². The fourth-order valence-electron chi connectivity index (χ4n) is 5.86. The van der Waals surface area contributed by atoms with E-state index >= 15 is 0 Å². The summed E-state index contributed by atoms with van der Waals surface area (Å²) in [6.45, 7) is 4.04. The third kappa shape index (κ3) is 8.52. The van der Waals surface area contributed by atoms with Gasteiger partial charge in [0.1, 0.15) is 18.8 Å². The molecule has 4 N–H and O–H groups in total. The highest BCUT2D eigenvalue weighted by Gasteiger charge is 2.41. The Morgan fingerprint density at radius 1 is 1.00 bits per heavy atom. The highest BCUT2D eigenvalue weighted by Crippen LogP contribution is 2.31. The highest BCUT2D eigenvalue weighted by atomic mass is 16.5. The summed E-state index contributed by atoms with van der Waals surface area (Å²) in [5.41, 5.74) is 9.04. The molecule has 2 unspecified atom stereocenters. The maximum absolute atomic E-state index is 14.0. The number of ether oxygens (including phenoxy) is 3. The number of benzene rings is 3. The number of carbonyl (C=O) groups excluding carboxylic acids is 3. The van der Waals surface area contributed by atoms with Crippen molar-refractivity contribution in [2.24, 2.45) is 5.73 Å². The topological polar surface area (TPSA) is 140 Å². The van der Waals surface area contributed by atoms with E-state index in [1.165, 1.54) is 17.0 Å². The molecule has 0 aliphatic carbocycles. The zero-order chi connectivity index (χ0) is 32.6. The lowest BCUT2D eigenvalue weighted by molar-refractivity contribution is -0.928. The predicted octanol–water partition coefficient (Wildman–Crippen LogP) is 4.33. The van der Waals surface area contributed by atoms with Crippen molar-refractivity contribution >= 4 is 23.6 Å². The molecule has 0 saturated carbocycles. The fourth-order valence-corrected chi connectivity index (χ4v) is 5.86. The van der Waals surface area contributed by atoms with Crippen LogP contribution in [0.1, 0.15) is 41.3 Å². The van der Waals surface area contributed by atoms with Crippen molar-refractivity contribution in [1.29, 1.82) is 0 Å². The summed E-state index contributed by atoms with van der Waals surface area (Å²) >= 11 is 0. The normalized spacial score (nSPS) is 18.4. The molecule has 0 spiro atoms. The van der Waals surface area contributed by atoms with Crippen molar-refractivity contribution in [2.75, 3.05) is 46.3 Å². The number of nitrogens with two attached hydrogens (primary N) is 1. The first-order valence-corrected chi connectivity index (χ1v) is 15.0. The molecule has 0 radical (unpaired) electrons. The standard InChI is InChI=1S/C34H42N4O7/c1-5-45-33(41)25-11-13-26(14-12-25)36-34(42)37(32(40)29(35)19-23-8-15-28(39)16-9-23)27-7-6-18-38(2,22-27)21-24-10-17-30(43-3)31(20-24)44-4/h8-17,20,27,29H,5-7,18-19,21-22,35H2,1-4H3,(H-,36,39,41,42)/p+1/t27?,29-,38?/m0/s1. The number of hydrogen-bond donors (Lipinski definition) is 3. The van der Waals surface area contributed by atoms with Crippen molar-refractivity contribution in [3.8, 4) is 17.2 Å². The summed E-state index contributed by atoms with van der Waals surface area (Å²) in [5.74, 6) is 0.448. The Morgan fingerprint density at radius 3 is 2.31 bits per heavy atom. The van der Waals surface area contributed by atoms with Gasteiger partial charge in [0.15, 0.2) is 11.5 Å². The molecule has 1 aliphatic rings. The second-order valence-corrected chi connectivity index (χ2v) is 11.6. The van der Waals surface area contributed by atoms with Crippen LogP contribution in [-0.2, 0) is 22.5 Å². The number of nitrogens with zero attached hydrogens (tertiary/aromatic N) is 2. The van der Waals surface area contributed by atoms with E-state index in [4.69, 9.17) is 19.9 Å². The van der Waals surface area contributed by atoms with Gasteiger partial charge in [-0.15, -0.1) is 0 Å². The minimum Gasteiger partial charge on any atom is -0.508 e. The number of likely N-dealkylation sites (N-methyl/N-ethyl adjacent to an activating group) is 1. The van der Waals surface area contributed by atoms with Crippen LogP contribution < -0.4 is 20.5 Å². The number of phenols is 1. The Balaban J connectivity index is 1.57. The van der Waals surface area contributed by atoms with Gasteiger partial charge < -0.3 is 34.9 Å². The number of likely N-dealkylation sites (tertiary alicyclic amines) is 1. The van der Waals surface area contributed by atoms with E-state index in [1.807, 2.05) is 18.2 Å². The molecule has 3 amide bonds. The SMILES string of the molecule is CCOC(=O)c1ccc(NC(=O)N(C(=O)[C@@H](N)Cc2ccc(O)cc2)C2CCC[N+](C)(Cc3ccc(OC)c(OC)c3)C2)cc1. The van der Waals surface area contributed by atoms with Crippen LogP contribution in [0.25, 0.3) is 0 Å². The van der Waals surface area contributed by atoms with Gasteiger partial charge in [0.05, 0.1) is 52.1 Å². The van der Waals surface area contributed by atoms with Gasteiger partial charge in [-0.05, 0) is 86.3 Å². The van der Waals surface area contributed by atoms with E-state index in [0.717, 1.165) is 24.1 Å². The molecule has 3 aromatic carbocycles. The van der Waals surface area contributed by atoms with E-state index in [9.17, 15) is 19.5 Å². The monoisotopic (exact) mass is 619 g/mol. The molecule has 0 aromatic heterocycles. The Morgan fingerprint density at radius 2 is 1.67 bits per heavy atom. The zero-order valence-corrected chi connectivity index (χ0v) is 26.3. The lowest BCUT2D eigenvalue weighted by Crippen LogP contribution is -2.62. The Bertz CT molecular complexity index is 1480. The molecule has 240 valence electrons. The van der Waals surface area contributed by atoms with E-state index in [0.29, 0.717) is 46.7 Å². The number of methoxy groups -OCH3 is 2. The Kier molecular flexibility index (Phi) is 11.0. The van der Waals surface area contributed by atoms with Gasteiger partial charge in [0, 0.05) is 11.3 Å². The molecule has 1 aliphatic heterocycles. The second-order valence-electron chi connectivity index (χ2n) is 11.6. The molecule has 45 heavy (non-hydrogen) atoms. The number of urea groups is 1. The predicted molar refractivity (Wildman–Crippen MR) is 170 cm³/mol. The molecule has 1 saturated heterocycles. The number of rotatable bonds is 11. The summed E-state index contributed by atoms with van der Waals surface area (Å²) in [4.78, 5) is 41.2. The van der Waals surface area contributed by atoms with Crippen LogP contribution in [0.3, 0.4) is 0 Å². The van der Waals surface area contributed by atoms with Crippen molar-refractivity contribution < 1.29 is 38.2 Å². The summed E-state index contributed by atoms with van der Waals surface area (Å²) in [7, 11) is 5.31. The second kappa shape index (κ2) is 14.9. The molecular weight excluding hydrogens is 576 g/mol. The van der Waals surface area contributed by atoms with Crippen LogP contribution in [0.4, 0.5) is 10.5 Å². The number of imide groups is 1. The number of amides is 3. The smallest absolute Gasteiger partial charge is 0.338 e. The maximum Gasteiger partial charge on any atom is 0.338 e. The van der Waals surface area contributed by atoms with E-state index in [2.05, 4.69) is 12.4 Å². The van der Waals surface area contributed by atoms with Gasteiger partial charge in [0.2, 0.25) is 5.91 Å². The zero-order valence-electron chi connectivity index (χ0n) is 26.3. The van der Waals surface area contributed by atoms with Gasteiger partial charge >= 0.3 is 12.0 Å². The molecular formula is C34H43N4O7+. The van der Waals surface area contributed by atoms with Gasteiger partial charge in [0.25, 0.3) is 0 Å². The third-order valence-electron chi connectivity index (χ3n) is 8.08. The fraction of sp³-hybridized carbons (Fsp3) is 0.382. The Hall–Kier alpha value is -4.61. The lowest BCUT2D eigenvalue weighted by Gasteiger charge is -2.44. The molecule has 3 atom stereocenters. The summed E-state index contributed by atoms with van der Waals surface area (Å²) in [5, 5.41) is 12.5. The van der Waals surface area contributed by atoms with Crippen LogP contribution in [-0.4, -0.2) is 85.4 Å². The lowest BCUT2D eigenvalue weighted by atomic mass is 9.98. The van der Waals surface area contributed by atoms with Gasteiger partial charge in [-0.3, -0.25) is 9.69 Å². The minimum absolute atomic E-state index is 0.113. The number of hydrogen-bond acceptors (Lipinski definition) is 8. The summed E-state index contributed by atoms with van der Waals surface area (Å²) < 4.78 is 16.5. The number of quaternary nitrogens is 1. The van der Waals surface area contributed by atoms with Gasteiger partial charge in [-0.25, -0.2) is 9.59 Å². The quantitative estimate of drug-likeness (QED) is 0.213. The van der Waals surface area contributed by atoms with Crippen LogP contribution in [0.15, 0.2) is 66.7 Å². The third-order valence-corrected chi connectivity index (χ3v) is 8.08. The van der Waals surface area contributed by atoms with Crippen LogP contribution >= 0.6 is 0 Å². The molecule has 1 heterocycles. The average molecular weight is 620 g/mol. The number of nitrogens with one attached hydrogen (secondary N) is 1. The largest absolute Gasteiger partial charge is 0.508 e. The summed E-state index contributed by atoms with van der Waals surface area (Å²) in [6.07, 6.45) is 1.63. The van der Waals surface area contributed by atoms with Crippen LogP contribution in [0.5, 0.6) is 17.2 Å². The first kappa shape index (κ1) is 33.3. The van der Waals surface area contributed by atoms with Crippen molar-refractivity contribution in [3.05, 3.63) is 83.4 Å². The number of anilines is 1. The average Bonchev–Trinajstić information content (AvgIpc) is 3.02. The van der Waals surface area contributed by atoms with Crippen molar-refractivity contribution in [2.45, 2.75) is 44.8 Å². The number of phenolic OH excluding ortho intramolecular Hbond substituents is 1. The number of esters is 1. The maximum atomic E-state index is 14.0. The Labute approximate surface area is 264 Å². The van der Waals surface area contributed by atoms with Crippen LogP contribution in [0, 0.1) is 0 Å².